The molecule has 4 heteroatoms. The molecule has 3 nitrogen and oxygen atoms in total. The van der Waals surface area contributed by atoms with Crippen molar-refractivity contribution in [2.45, 2.75) is 6.54 Å². The van der Waals surface area contributed by atoms with E-state index in [1.165, 1.54) is 0 Å². The van der Waals surface area contributed by atoms with Crippen molar-refractivity contribution in [3.05, 3.63) is 65.5 Å². The van der Waals surface area contributed by atoms with E-state index >= 15 is 0 Å². The molecule has 0 fully saturated rings. The second-order valence-electron chi connectivity index (χ2n) is 4.43. The number of nitrogens with zero attached hydrogens (tertiary/aromatic N) is 1. The molecule has 0 unspecified atom stereocenters. The summed E-state index contributed by atoms with van der Waals surface area (Å²) < 4.78 is 0. The van der Waals surface area contributed by atoms with Gasteiger partial charge in [0.15, 0.2) is 5.13 Å². The van der Waals surface area contributed by atoms with Gasteiger partial charge in [-0.05, 0) is 17.7 Å². The van der Waals surface area contributed by atoms with Gasteiger partial charge in [0, 0.05) is 23.2 Å². The zero-order valence-electron chi connectivity index (χ0n) is 10.9. The maximum Gasteiger partial charge on any atom is 0.187 e. The van der Waals surface area contributed by atoms with Crippen molar-refractivity contribution in [2.24, 2.45) is 5.73 Å². The third-order valence-electron chi connectivity index (χ3n) is 2.99. The second-order valence-corrected chi connectivity index (χ2v) is 5.29. The zero-order chi connectivity index (χ0) is 13.8. The minimum atomic E-state index is 0.544. The molecule has 0 aliphatic rings. The number of thiazole rings is 1. The Labute approximate surface area is 122 Å². The fourth-order valence-corrected chi connectivity index (χ4v) is 2.71. The van der Waals surface area contributed by atoms with Crippen molar-refractivity contribution in [1.82, 2.24) is 4.98 Å². The number of rotatable bonds is 4. The molecular formula is C16H15N3S. The Morgan fingerprint density at radius 3 is 2.70 bits per heavy atom. The summed E-state index contributed by atoms with van der Waals surface area (Å²) in [7, 11) is 0. The molecular weight excluding hydrogens is 266 g/mol. The second kappa shape index (κ2) is 5.86. The first-order valence-electron chi connectivity index (χ1n) is 6.42. The van der Waals surface area contributed by atoms with E-state index in [4.69, 9.17) is 5.73 Å². The van der Waals surface area contributed by atoms with Crippen molar-refractivity contribution < 1.29 is 0 Å². The van der Waals surface area contributed by atoms with Gasteiger partial charge in [-0.15, -0.1) is 11.3 Å². The monoisotopic (exact) mass is 281 g/mol. The van der Waals surface area contributed by atoms with E-state index in [1.807, 2.05) is 42.5 Å². The van der Waals surface area contributed by atoms with E-state index in [2.05, 4.69) is 27.8 Å². The van der Waals surface area contributed by atoms with Crippen LogP contribution in [0.15, 0.2) is 60.0 Å². The van der Waals surface area contributed by atoms with Crippen molar-refractivity contribution in [1.29, 1.82) is 0 Å². The van der Waals surface area contributed by atoms with Gasteiger partial charge >= 0.3 is 0 Å². The maximum absolute atomic E-state index is 5.65. The van der Waals surface area contributed by atoms with Gasteiger partial charge < -0.3 is 11.1 Å². The predicted octanol–water partition coefficient (Wildman–Crippen LogP) is 4.01. The highest BCUT2D eigenvalue weighted by molar-refractivity contribution is 7.14. The Hall–Kier alpha value is -2.17. The van der Waals surface area contributed by atoms with Crippen LogP contribution in [0.4, 0.5) is 10.8 Å². The molecule has 0 amide bonds. The fourth-order valence-electron chi connectivity index (χ4n) is 1.97. The van der Waals surface area contributed by atoms with E-state index in [9.17, 15) is 0 Å². The van der Waals surface area contributed by atoms with Crippen LogP contribution in [0.3, 0.4) is 0 Å². The third kappa shape index (κ3) is 2.87. The van der Waals surface area contributed by atoms with Crippen LogP contribution >= 0.6 is 11.3 Å². The first-order valence-corrected chi connectivity index (χ1v) is 7.30. The third-order valence-corrected chi connectivity index (χ3v) is 3.75. The first-order chi connectivity index (χ1) is 9.85. The average molecular weight is 281 g/mol. The molecule has 3 N–H and O–H groups in total. The van der Waals surface area contributed by atoms with E-state index in [0.29, 0.717) is 6.54 Å². The molecule has 0 spiro atoms. The smallest absolute Gasteiger partial charge is 0.187 e. The maximum atomic E-state index is 5.65. The van der Waals surface area contributed by atoms with Crippen LogP contribution in [-0.4, -0.2) is 4.98 Å². The van der Waals surface area contributed by atoms with Crippen molar-refractivity contribution in [3.8, 4) is 11.3 Å². The summed E-state index contributed by atoms with van der Waals surface area (Å²) in [6.07, 6.45) is 0. The number of hydrogen-bond donors (Lipinski definition) is 2. The molecule has 0 saturated carbocycles. The van der Waals surface area contributed by atoms with Crippen LogP contribution in [0.5, 0.6) is 0 Å². The van der Waals surface area contributed by atoms with Gasteiger partial charge in [-0.2, -0.15) is 0 Å². The topological polar surface area (TPSA) is 50.9 Å². The standard InChI is InChI=1S/C16H15N3S/c17-10-12-5-4-8-14(9-12)18-16-19-15(11-20-16)13-6-2-1-3-7-13/h1-9,11H,10,17H2,(H,18,19). The molecule has 1 aromatic heterocycles. The Kier molecular flexibility index (Phi) is 3.76. The Morgan fingerprint density at radius 2 is 1.90 bits per heavy atom. The Balaban J connectivity index is 1.80. The van der Waals surface area contributed by atoms with E-state index in [1.54, 1.807) is 11.3 Å². The summed E-state index contributed by atoms with van der Waals surface area (Å²) in [5.41, 5.74) is 9.90. The molecule has 0 atom stereocenters. The Bertz CT molecular complexity index is 692. The van der Waals surface area contributed by atoms with Gasteiger partial charge in [0.2, 0.25) is 0 Å². The SMILES string of the molecule is NCc1cccc(Nc2nc(-c3ccccc3)cs2)c1. The van der Waals surface area contributed by atoms with Crippen molar-refractivity contribution in [3.63, 3.8) is 0 Å². The Morgan fingerprint density at radius 1 is 1.05 bits per heavy atom. The number of benzene rings is 2. The lowest BCUT2D eigenvalue weighted by Gasteiger charge is -2.04. The molecule has 0 bridgehead atoms. The first kappa shape index (κ1) is 12.8. The van der Waals surface area contributed by atoms with Crippen LogP contribution in [0.2, 0.25) is 0 Å². The average Bonchev–Trinajstić information content (AvgIpc) is 2.97. The minimum absolute atomic E-state index is 0.544. The number of nitrogens with two attached hydrogens (primary N) is 1. The molecule has 3 aromatic rings. The highest BCUT2D eigenvalue weighted by Crippen LogP contribution is 2.27. The van der Waals surface area contributed by atoms with E-state index < -0.39 is 0 Å². The van der Waals surface area contributed by atoms with Gasteiger partial charge in [0.1, 0.15) is 0 Å². The lowest BCUT2D eigenvalue weighted by atomic mass is 10.2. The lowest BCUT2D eigenvalue weighted by Crippen LogP contribution is -1.97. The molecule has 3 rings (SSSR count). The lowest BCUT2D eigenvalue weighted by molar-refractivity contribution is 1.07. The molecule has 1 heterocycles. The van der Waals surface area contributed by atoms with Gasteiger partial charge in [-0.25, -0.2) is 4.98 Å². The molecule has 0 aliphatic carbocycles. The minimum Gasteiger partial charge on any atom is -0.332 e. The van der Waals surface area contributed by atoms with Gasteiger partial charge in [-0.3, -0.25) is 0 Å². The van der Waals surface area contributed by atoms with Crippen LogP contribution < -0.4 is 11.1 Å². The van der Waals surface area contributed by atoms with Crippen LogP contribution in [0, 0.1) is 0 Å². The molecule has 0 radical (unpaired) electrons. The number of nitrogens with one attached hydrogen (secondary N) is 1. The van der Waals surface area contributed by atoms with Crippen molar-refractivity contribution >= 4 is 22.2 Å². The number of anilines is 2. The largest absolute Gasteiger partial charge is 0.332 e. The number of hydrogen-bond acceptors (Lipinski definition) is 4. The predicted molar refractivity (Wildman–Crippen MR) is 85.2 cm³/mol. The molecule has 0 saturated heterocycles. The summed E-state index contributed by atoms with van der Waals surface area (Å²) in [4.78, 5) is 4.61. The highest BCUT2D eigenvalue weighted by atomic mass is 32.1. The summed E-state index contributed by atoms with van der Waals surface area (Å²) in [6.45, 7) is 0.544. The summed E-state index contributed by atoms with van der Waals surface area (Å²) in [5.74, 6) is 0. The van der Waals surface area contributed by atoms with Gasteiger partial charge in [-0.1, -0.05) is 42.5 Å². The van der Waals surface area contributed by atoms with Crippen LogP contribution in [-0.2, 0) is 6.54 Å². The van der Waals surface area contributed by atoms with E-state index in [0.717, 1.165) is 27.6 Å². The molecule has 100 valence electrons. The molecule has 2 aromatic carbocycles. The molecule has 0 aliphatic heterocycles. The van der Waals surface area contributed by atoms with E-state index in [-0.39, 0.29) is 0 Å². The van der Waals surface area contributed by atoms with Crippen LogP contribution in [0.1, 0.15) is 5.56 Å². The van der Waals surface area contributed by atoms with Crippen molar-refractivity contribution in [2.75, 3.05) is 5.32 Å². The van der Waals surface area contributed by atoms with Gasteiger partial charge in [0.05, 0.1) is 5.69 Å². The normalized spacial score (nSPS) is 10.4. The zero-order valence-corrected chi connectivity index (χ0v) is 11.7. The quantitative estimate of drug-likeness (QED) is 0.759. The number of aromatic nitrogens is 1. The van der Waals surface area contributed by atoms with Gasteiger partial charge in [0.25, 0.3) is 0 Å². The summed E-state index contributed by atoms with van der Waals surface area (Å²) in [6, 6.07) is 18.2. The summed E-state index contributed by atoms with van der Waals surface area (Å²) in [5, 5.41) is 6.27. The fraction of sp³-hybridized carbons (Fsp3) is 0.0625. The summed E-state index contributed by atoms with van der Waals surface area (Å²) >= 11 is 1.60. The highest BCUT2D eigenvalue weighted by Gasteiger charge is 2.04. The van der Waals surface area contributed by atoms with Crippen LogP contribution in [0.25, 0.3) is 11.3 Å². The molecule has 20 heavy (non-hydrogen) atoms.